The molecule has 0 bridgehead atoms. The average Bonchev–Trinajstić information content (AvgIpc) is 3.14. The quantitative estimate of drug-likeness (QED) is 0.444. The van der Waals surface area contributed by atoms with E-state index in [1.165, 1.54) is 31.4 Å². The van der Waals surface area contributed by atoms with Crippen molar-refractivity contribution in [1.82, 2.24) is 0 Å². The van der Waals surface area contributed by atoms with E-state index in [-0.39, 0.29) is 17.4 Å². The summed E-state index contributed by atoms with van der Waals surface area (Å²) in [4.78, 5) is 11.2. The minimum atomic E-state index is -0.930. The van der Waals surface area contributed by atoms with Gasteiger partial charge in [0.15, 0.2) is 0 Å². The van der Waals surface area contributed by atoms with E-state index in [1.54, 1.807) is 18.2 Å². The summed E-state index contributed by atoms with van der Waals surface area (Å²) in [6.45, 7) is 3.86. The number of carbonyl (C=O) groups is 1. The van der Waals surface area contributed by atoms with Crippen molar-refractivity contribution < 1.29 is 18.7 Å². The van der Waals surface area contributed by atoms with E-state index >= 15 is 0 Å². The Bertz CT molecular complexity index is 1060. The van der Waals surface area contributed by atoms with Crippen LogP contribution >= 0.6 is 0 Å². The molecule has 0 spiro atoms. The van der Waals surface area contributed by atoms with E-state index in [0.717, 1.165) is 46.7 Å². The van der Waals surface area contributed by atoms with Crippen LogP contribution in [0.5, 0.6) is 0 Å². The molecule has 1 saturated carbocycles. The number of halogens is 1. The predicted molar refractivity (Wildman–Crippen MR) is 120 cm³/mol. The number of benzene rings is 2. The Balaban J connectivity index is 1.68. The van der Waals surface area contributed by atoms with E-state index in [4.69, 9.17) is 4.42 Å². The Morgan fingerprint density at radius 1 is 1.06 bits per heavy atom. The number of anilines is 1. The second-order valence-corrected chi connectivity index (χ2v) is 8.48. The second kappa shape index (κ2) is 8.96. The minimum Gasteiger partial charge on any atom is -0.478 e. The Kier molecular flexibility index (Phi) is 6.12. The summed E-state index contributed by atoms with van der Waals surface area (Å²) in [5.41, 5.74) is 4.00. The lowest BCUT2D eigenvalue weighted by Gasteiger charge is -2.31. The van der Waals surface area contributed by atoms with Gasteiger partial charge in [-0.15, -0.1) is 0 Å². The van der Waals surface area contributed by atoms with Crippen molar-refractivity contribution in [2.75, 3.05) is 5.32 Å². The van der Waals surface area contributed by atoms with Crippen LogP contribution in [0.25, 0.3) is 11.3 Å². The number of carboxylic acids is 1. The van der Waals surface area contributed by atoms with E-state index in [0.29, 0.717) is 5.92 Å². The molecule has 162 valence electrons. The van der Waals surface area contributed by atoms with Gasteiger partial charge in [0.05, 0.1) is 11.6 Å². The van der Waals surface area contributed by atoms with Gasteiger partial charge in [0.25, 0.3) is 0 Å². The van der Waals surface area contributed by atoms with Crippen molar-refractivity contribution in [2.24, 2.45) is 5.92 Å². The maximum absolute atomic E-state index is 13.6. The van der Waals surface area contributed by atoms with Gasteiger partial charge in [0.1, 0.15) is 17.3 Å². The Morgan fingerprint density at radius 3 is 2.42 bits per heavy atom. The summed E-state index contributed by atoms with van der Waals surface area (Å²) in [6.07, 6.45) is 5.96. The van der Waals surface area contributed by atoms with Crippen molar-refractivity contribution in [2.45, 2.75) is 52.0 Å². The van der Waals surface area contributed by atoms with Crippen LogP contribution in [0.2, 0.25) is 0 Å². The number of carboxylic acid groups (broad SMARTS) is 1. The number of hydrogen-bond acceptors (Lipinski definition) is 3. The third-order valence-electron chi connectivity index (χ3n) is 6.32. The van der Waals surface area contributed by atoms with Gasteiger partial charge in [0.2, 0.25) is 0 Å². The lowest BCUT2D eigenvalue weighted by atomic mass is 9.81. The van der Waals surface area contributed by atoms with Crippen molar-refractivity contribution in [3.8, 4) is 11.3 Å². The Labute approximate surface area is 182 Å². The van der Waals surface area contributed by atoms with E-state index in [2.05, 4.69) is 11.4 Å². The highest BCUT2D eigenvalue weighted by molar-refractivity contribution is 5.88. The molecule has 1 aromatic heterocycles. The fourth-order valence-electron chi connectivity index (χ4n) is 4.65. The minimum absolute atomic E-state index is 0.0641. The molecule has 0 amide bonds. The van der Waals surface area contributed by atoms with E-state index in [1.807, 2.05) is 26.0 Å². The lowest BCUT2D eigenvalue weighted by Crippen LogP contribution is -2.23. The fourth-order valence-corrected chi connectivity index (χ4v) is 4.65. The summed E-state index contributed by atoms with van der Waals surface area (Å²) in [5.74, 6) is 0.876. The first kappa shape index (κ1) is 21.2. The first-order valence-corrected chi connectivity index (χ1v) is 10.9. The molecular weight excluding hydrogens is 393 g/mol. The third-order valence-corrected chi connectivity index (χ3v) is 6.32. The van der Waals surface area contributed by atoms with Crippen molar-refractivity contribution in [3.05, 3.63) is 76.8 Å². The molecule has 5 heteroatoms. The summed E-state index contributed by atoms with van der Waals surface area (Å²) in [5, 5.41) is 12.8. The molecule has 1 aliphatic rings. The molecule has 4 rings (SSSR count). The van der Waals surface area contributed by atoms with Gasteiger partial charge in [-0.2, -0.15) is 0 Å². The molecule has 3 aromatic rings. The maximum Gasteiger partial charge on any atom is 0.335 e. The van der Waals surface area contributed by atoms with E-state index < -0.39 is 5.97 Å². The van der Waals surface area contributed by atoms with Crippen LogP contribution in [-0.2, 0) is 0 Å². The highest BCUT2D eigenvalue weighted by atomic mass is 19.1. The monoisotopic (exact) mass is 421 g/mol. The van der Waals surface area contributed by atoms with Gasteiger partial charge in [-0.05, 0) is 86.7 Å². The SMILES string of the molecule is Cc1cc(F)ccc1-c1cc(C(Nc2ccc(C(=O)O)cc2)C2CCCCC2)c(C)o1. The normalized spacial score (nSPS) is 15.6. The zero-order chi connectivity index (χ0) is 22.0. The van der Waals surface area contributed by atoms with Gasteiger partial charge >= 0.3 is 5.97 Å². The van der Waals surface area contributed by atoms with Gasteiger partial charge in [0, 0.05) is 16.8 Å². The molecule has 1 aliphatic carbocycles. The number of aromatic carboxylic acids is 1. The molecule has 2 aromatic carbocycles. The molecule has 2 N–H and O–H groups in total. The molecule has 4 nitrogen and oxygen atoms in total. The summed E-state index contributed by atoms with van der Waals surface area (Å²) in [7, 11) is 0. The van der Waals surface area contributed by atoms with Gasteiger partial charge in [-0.25, -0.2) is 9.18 Å². The summed E-state index contributed by atoms with van der Waals surface area (Å²) < 4.78 is 19.7. The molecule has 31 heavy (non-hydrogen) atoms. The number of furan rings is 1. The summed E-state index contributed by atoms with van der Waals surface area (Å²) in [6, 6.07) is 13.8. The fraction of sp³-hybridized carbons (Fsp3) is 0.346. The molecular formula is C26H28FNO3. The zero-order valence-corrected chi connectivity index (χ0v) is 18.0. The van der Waals surface area contributed by atoms with Gasteiger partial charge in [-0.3, -0.25) is 0 Å². The van der Waals surface area contributed by atoms with Crippen LogP contribution in [0, 0.1) is 25.6 Å². The first-order valence-electron chi connectivity index (χ1n) is 10.9. The lowest BCUT2D eigenvalue weighted by molar-refractivity contribution is 0.0697. The molecule has 1 atom stereocenters. The predicted octanol–water partition coefficient (Wildman–Crippen LogP) is 7.13. The van der Waals surface area contributed by atoms with E-state index in [9.17, 15) is 14.3 Å². The van der Waals surface area contributed by atoms with Crippen LogP contribution in [0.4, 0.5) is 10.1 Å². The largest absolute Gasteiger partial charge is 0.478 e. The van der Waals surface area contributed by atoms with Crippen LogP contribution in [-0.4, -0.2) is 11.1 Å². The smallest absolute Gasteiger partial charge is 0.335 e. The van der Waals surface area contributed by atoms with Crippen molar-refractivity contribution in [3.63, 3.8) is 0 Å². The number of rotatable bonds is 6. The van der Waals surface area contributed by atoms with Crippen LogP contribution in [0.15, 0.2) is 52.9 Å². The molecule has 0 saturated heterocycles. The maximum atomic E-state index is 13.6. The van der Waals surface area contributed by atoms with Gasteiger partial charge < -0.3 is 14.8 Å². The standard InChI is InChI=1S/C26H28FNO3/c1-16-14-20(27)10-13-22(16)24-15-23(17(2)31-24)25(18-6-4-3-5-7-18)28-21-11-8-19(9-12-21)26(29)30/h8-15,18,25,28H,3-7H2,1-2H3,(H,29,30). The van der Waals surface area contributed by atoms with Crippen LogP contribution in [0.1, 0.15) is 65.4 Å². The highest BCUT2D eigenvalue weighted by Crippen LogP contribution is 2.40. The molecule has 0 radical (unpaired) electrons. The van der Waals surface area contributed by atoms with Crippen molar-refractivity contribution in [1.29, 1.82) is 0 Å². The number of nitrogens with one attached hydrogen (secondary N) is 1. The van der Waals surface area contributed by atoms with Crippen molar-refractivity contribution >= 4 is 11.7 Å². The average molecular weight is 422 g/mol. The van der Waals surface area contributed by atoms with Crippen LogP contribution in [0.3, 0.4) is 0 Å². The Hall–Kier alpha value is -3.08. The third kappa shape index (κ3) is 4.66. The first-order chi connectivity index (χ1) is 14.9. The molecule has 1 fully saturated rings. The molecule has 1 heterocycles. The highest BCUT2D eigenvalue weighted by Gasteiger charge is 2.28. The number of aryl methyl sites for hydroxylation is 2. The van der Waals surface area contributed by atoms with Gasteiger partial charge in [-0.1, -0.05) is 19.3 Å². The molecule has 0 aliphatic heterocycles. The second-order valence-electron chi connectivity index (χ2n) is 8.48. The summed E-state index contributed by atoms with van der Waals surface area (Å²) >= 11 is 0. The topological polar surface area (TPSA) is 62.5 Å². The van der Waals surface area contributed by atoms with Crippen LogP contribution < -0.4 is 5.32 Å². The number of hydrogen-bond donors (Lipinski definition) is 2. The molecule has 1 unspecified atom stereocenters. The Morgan fingerprint density at radius 2 is 1.77 bits per heavy atom. The zero-order valence-electron chi connectivity index (χ0n) is 18.0.